The van der Waals surface area contributed by atoms with Crippen molar-refractivity contribution < 1.29 is 17.8 Å². The number of anilines is 1. The number of Topliss-reactive ketones (excluding diaryl/α,β-unsaturated/α-hetero) is 1. The van der Waals surface area contributed by atoms with Gasteiger partial charge in [-0.2, -0.15) is 13.5 Å². The summed E-state index contributed by atoms with van der Waals surface area (Å²) in [5.74, 6) is -0.116. The number of hydrogen-bond donors (Lipinski definition) is 1. The van der Waals surface area contributed by atoms with E-state index in [1.807, 2.05) is 0 Å². The lowest BCUT2D eigenvalue weighted by Crippen LogP contribution is -2.19. The average Bonchev–Trinajstić information content (AvgIpc) is 2.56. The second-order valence-electron chi connectivity index (χ2n) is 4.21. The molecule has 1 N–H and O–H groups in total. The SMILES string of the molecule is CC1=NN(c2c(C)cc(S(=O)(=O)O)cc2Cl)CC1=O. The Labute approximate surface area is 115 Å². The van der Waals surface area contributed by atoms with Crippen molar-refractivity contribution in [1.82, 2.24) is 0 Å². The van der Waals surface area contributed by atoms with E-state index in [1.165, 1.54) is 11.1 Å². The highest BCUT2D eigenvalue weighted by molar-refractivity contribution is 7.85. The highest BCUT2D eigenvalue weighted by atomic mass is 35.5. The molecule has 0 saturated carbocycles. The molecule has 2 rings (SSSR count). The number of hydrazone groups is 1. The lowest BCUT2D eigenvalue weighted by atomic mass is 10.2. The Bertz CT molecular complexity index is 674. The summed E-state index contributed by atoms with van der Waals surface area (Å²) in [5, 5.41) is 5.59. The van der Waals surface area contributed by atoms with E-state index >= 15 is 0 Å². The molecule has 1 aliphatic rings. The highest BCUT2D eigenvalue weighted by Gasteiger charge is 2.25. The van der Waals surface area contributed by atoms with Gasteiger partial charge >= 0.3 is 0 Å². The smallest absolute Gasteiger partial charge is 0.291 e. The summed E-state index contributed by atoms with van der Waals surface area (Å²) in [5.41, 5.74) is 1.33. The van der Waals surface area contributed by atoms with Crippen LogP contribution in [-0.4, -0.2) is 31.0 Å². The molecule has 0 amide bonds. The van der Waals surface area contributed by atoms with E-state index in [0.29, 0.717) is 17.0 Å². The number of ketones is 1. The van der Waals surface area contributed by atoms with Crippen molar-refractivity contribution in [3.8, 4) is 0 Å². The van der Waals surface area contributed by atoms with E-state index in [2.05, 4.69) is 5.10 Å². The number of halogens is 1. The topological polar surface area (TPSA) is 87.0 Å². The zero-order valence-corrected chi connectivity index (χ0v) is 11.8. The molecule has 1 aliphatic heterocycles. The first-order valence-electron chi connectivity index (χ1n) is 5.33. The van der Waals surface area contributed by atoms with Crippen molar-refractivity contribution in [2.24, 2.45) is 5.10 Å². The minimum atomic E-state index is -4.32. The number of nitrogens with zero attached hydrogens (tertiary/aromatic N) is 2. The monoisotopic (exact) mass is 302 g/mol. The third kappa shape index (κ3) is 2.63. The van der Waals surface area contributed by atoms with Gasteiger partial charge in [-0.15, -0.1) is 0 Å². The van der Waals surface area contributed by atoms with Crippen LogP contribution in [0.5, 0.6) is 0 Å². The Kier molecular flexibility index (Phi) is 3.38. The molecule has 19 heavy (non-hydrogen) atoms. The molecule has 1 heterocycles. The Morgan fingerprint density at radius 3 is 2.42 bits per heavy atom. The molecule has 0 unspecified atom stereocenters. The fourth-order valence-corrected chi connectivity index (χ4v) is 2.85. The standard InChI is InChI=1S/C11H11ClN2O4S/c1-6-3-8(19(16,17)18)4-9(12)11(6)14-5-10(15)7(2)13-14/h3-4H,5H2,1-2H3,(H,16,17,18). The zero-order chi connectivity index (χ0) is 14.4. The predicted molar refractivity (Wildman–Crippen MR) is 71.5 cm³/mol. The number of benzene rings is 1. The summed E-state index contributed by atoms with van der Waals surface area (Å²) in [6, 6.07) is 2.41. The molecule has 0 aliphatic carbocycles. The first-order chi connectivity index (χ1) is 8.70. The lowest BCUT2D eigenvalue weighted by Gasteiger charge is -2.18. The fraction of sp³-hybridized carbons (Fsp3) is 0.273. The minimum absolute atomic E-state index is 0.0671. The van der Waals surface area contributed by atoms with Gasteiger partial charge in [0.05, 0.1) is 15.6 Å². The van der Waals surface area contributed by atoms with Crippen molar-refractivity contribution >= 4 is 38.9 Å². The lowest BCUT2D eigenvalue weighted by molar-refractivity contribution is -0.111. The summed E-state index contributed by atoms with van der Waals surface area (Å²) in [6.45, 7) is 3.29. The van der Waals surface area contributed by atoms with E-state index in [1.54, 1.807) is 13.8 Å². The van der Waals surface area contributed by atoms with Gasteiger partial charge in [0.15, 0.2) is 5.78 Å². The quantitative estimate of drug-likeness (QED) is 0.840. The van der Waals surface area contributed by atoms with Gasteiger partial charge in [-0.05, 0) is 31.5 Å². The van der Waals surface area contributed by atoms with Crippen LogP contribution in [0.25, 0.3) is 0 Å². The van der Waals surface area contributed by atoms with Crippen LogP contribution in [0.4, 0.5) is 5.69 Å². The normalized spacial score (nSPS) is 15.9. The zero-order valence-electron chi connectivity index (χ0n) is 10.2. The molecule has 0 bridgehead atoms. The van der Waals surface area contributed by atoms with E-state index in [9.17, 15) is 13.2 Å². The van der Waals surface area contributed by atoms with E-state index in [-0.39, 0.29) is 22.2 Å². The largest absolute Gasteiger partial charge is 0.294 e. The molecule has 0 spiro atoms. The van der Waals surface area contributed by atoms with Gasteiger partial charge in [0.1, 0.15) is 12.3 Å². The summed E-state index contributed by atoms with van der Waals surface area (Å²) < 4.78 is 31.1. The van der Waals surface area contributed by atoms with Crippen molar-refractivity contribution in [3.05, 3.63) is 22.7 Å². The molecule has 6 nitrogen and oxygen atoms in total. The van der Waals surface area contributed by atoms with Crippen molar-refractivity contribution in [2.75, 3.05) is 11.6 Å². The molecule has 0 fully saturated rings. The predicted octanol–water partition coefficient (Wildman–Crippen LogP) is 1.66. The molecule has 102 valence electrons. The second-order valence-corrected chi connectivity index (χ2v) is 6.04. The number of hydrogen-bond acceptors (Lipinski definition) is 5. The first kappa shape index (κ1) is 14.0. The number of carbonyl (C=O) groups is 1. The van der Waals surface area contributed by atoms with Crippen molar-refractivity contribution in [3.63, 3.8) is 0 Å². The summed E-state index contributed by atoms with van der Waals surface area (Å²) in [6.07, 6.45) is 0. The summed E-state index contributed by atoms with van der Waals surface area (Å²) in [4.78, 5) is 11.2. The number of rotatable bonds is 2. The number of carbonyl (C=O) groups excluding carboxylic acids is 1. The number of aryl methyl sites for hydroxylation is 1. The molecule has 0 atom stereocenters. The maximum absolute atomic E-state index is 11.5. The van der Waals surface area contributed by atoms with Crippen LogP contribution in [0.2, 0.25) is 5.02 Å². The summed E-state index contributed by atoms with van der Waals surface area (Å²) in [7, 11) is -4.32. The van der Waals surface area contributed by atoms with Crippen LogP contribution in [0.1, 0.15) is 12.5 Å². The molecule has 1 aromatic carbocycles. The van der Waals surface area contributed by atoms with Crippen molar-refractivity contribution in [1.29, 1.82) is 0 Å². The fourth-order valence-electron chi connectivity index (χ4n) is 1.83. The Morgan fingerprint density at radius 2 is 2.00 bits per heavy atom. The third-order valence-electron chi connectivity index (χ3n) is 2.75. The Morgan fingerprint density at radius 1 is 1.37 bits per heavy atom. The summed E-state index contributed by atoms with van der Waals surface area (Å²) >= 11 is 6.02. The van der Waals surface area contributed by atoms with Crippen LogP contribution >= 0.6 is 11.6 Å². The molecular formula is C11H11ClN2O4S. The van der Waals surface area contributed by atoms with Gasteiger partial charge in [0.25, 0.3) is 10.1 Å². The maximum atomic E-state index is 11.5. The van der Waals surface area contributed by atoms with Gasteiger partial charge in [-0.25, -0.2) is 0 Å². The highest BCUT2D eigenvalue weighted by Crippen LogP contribution is 2.33. The van der Waals surface area contributed by atoms with Gasteiger partial charge in [0, 0.05) is 0 Å². The minimum Gasteiger partial charge on any atom is -0.291 e. The third-order valence-corrected chi connectivity index (χ3v) is 3.87. The van der Waals surface area contributed by atoms with Crippen LogP contribution in [-0.2, 0) is 14.9 Å². The molecule has 1 aromatic rings. The first-order valence-corrected chi connectivity index (χ1v) is 7.15. The van der Waals surface area contributed by atoms with Crippen LogP contribution in [0, 0.1) is 6.92 Å². The maximum Gasteiger partial charge on any atom is 0.294 e. The van der Waals surface area contributed by atoms with Crippen molar-refractivity contribution in [2.45, 2.75) is 18.7 Å². The van der Waals surface area contributed by atoms with Crippen LogP contribution in [0.15, 0.2) is 22.1 Å². The van der Waals surface area contributed by atoms with E-state index < -0.39 is 10.1 Å². The van der Waals surface area contributed by atoms with Gasteiger partial charge in [-0.3, -0.25) is 14.4 Å². The second kappa shape index (κ2) is 4.59. The molecular weight excluding hydrogens is 292 g/mol. The van der Waals surface area contributed by atoms with Gasteiger partial charge < -0.3 is 0 Å². The Balaban J connectivity index is 2.53. The van der Waals surface area contributed by atoms with Gasteiger partial charge in [-0.1, -0.05) is 11.6 Å². The molecule has 8 heteroatoms. The molecule has 0 radical (unpaired) electrons. The van der Waals surface area contributed by atoms with E-state index in [0.717, 1.165) is 6.07 Å². The van der Waals surface area contributed by atoms with Gasteiger partial charge in [0.2, 0.25) is 0 Å². The van der Waals surface area contributed by atoms with E-state index in [4.69, 9.17) is 16.2 Å². The molecule has 0 aromatic heterocycles. The van der Waals surface area contributed by atoms with Crippen LogP contribution < -0.4 is 5.01 Å². The Hall–Kier alpha value is -1.44. The average molecular weight is 303 g/mol. The molecule has 0 saturated heterocycles. The van der Waals surface area contributed by atoms with Crippen LogP contribution in [0.3, 0.4) is 0 Å².